The monoisotopic (exact) mass is 422 g/mol. The molecule has 0 aliphatic carbocycles. The summed E-state index contributed by atoms with van der Waals surface area (Å²) in [7, 11) is 8.02. The predicted octanol–water partition coefficient (Wildman–Crippen LogP) is 5.17. The number of rotatable bonds is 6. The molecule has 0 aliphatic rings. The predicted molar refractivity (Wildman–Crippen MR) is 131 cm³/mol. The number of pyridine rings is 2. The SMILES string of the molecule is CN(C)c1ccc(-c2cc(C(=O)c3ccnc(-c4ccc(N(C)C)cc4)c3)ccn2)cc1. The molecule has 5 nitrogen and oxygen atoms in total. The number of nitrogens with zero attached hydrogens (tertiary/aromatic N) is 4. The first-order valence-corrected chi connectivity index (χ1v) is 10.4. The van der Waals surface area contributed by atoms with Gasteiger partial charge in [-0.1, -0.05) is 24.3 Å². The van der Waals surface area contributed by atoms with E-state index in [1.807, 2.05) is 98.7 Å². The molecule has 4 aromatic rings. The third-order valence-corrected chi connectivity index (χ3v) is 5.40. The lowest BCUT2D eigenvalue weighted by Crippen LogP contribution is -2.08. The summed E-state index contributed by atoms with van der Waals surface area (Å²) in [4.78, 5) is 26.3. The summed E-state index contributed by atoms with van der Waals surface area (Å²) in [6, 6.07) is 23.5. The van der Waals surface area contributed by atoms with Gasteiger partial charge in [0.1, 0.15) is 0 Å². The fourth-order valence-corrected chi connectivity index (χ4v) is 3.49. The summed E-state index contributed by atoms with van der Waals surface area (Å²) < 4.78 is 0. The minimum atomic E-state index is -0.0490. The molecular formula is C27H26N4O. The third-order valence-electron chi connectivity index (χ3n) is 5.40. The molecule has 2 aromatic heterocycles. The van der Waals surface area contributed by atoms with Crippen molar-refractivity contribution in [1.29, 1.82) is 0 Å². The van der Waals surface area contributed by atoms with Crippen molar-refractivity contribution in [1.82, 2.24) is 9.97 Å². The van der Waals surface area contributed by atoms with E-state index in [-0.39, 0.29) is 5.78 Å². The van der Waals surface area contributed by atoms with Crippen LogP contribution in [0.2, 0.25) is 0 Å². The molecule has 0 radical (unpaired) electrons. The van der Waals surface area contributed by atoms with Gasteiger partial charge in [-0.2, -0.15) is 0 Å². The molecule has 4 rings (SSSR count). The van der Waals surface area contributed by atoms with Crippen LogP contribution in [0, 0.1) is 0 Å². The maximum atomic E-state index is 13.2. The molecule has 0 atom stereocenters. The Balaban J connectivity index is 1.61. The van der Waals surface area contributed by atoms with E-state index in [1.54, 1.807) is 24.5 Å². The Bertz CT molecular complexity index is 1130. The van der Waals surface area contributed by atoms with Gasteiger partial charge in [0.15, 0.2) is 5.78 Å². The van der Waals surface area contributed by atoms with Crippen LogP contribution in [-0.2, 0) is 0 Å². The zero-order valence-electron chi connectivity index (χ0n) is 18.8. The number of ketones is 1. The molecule has 0 spiro atoms. The summed E-state index contributed by atoms with van der Waals surface area (Å²) in [5.74, 6) is -0.0490. The Labute approximate surface area is 189 Å². The minimum Gasteiger partial charge on any atom is -0.378 e. The zero-order chi connectivity index (χ0) is 22.7. The van der Waals surface area contributed by atoms with Crippen molar-refractivity contribution in [2.24, 2.45) is 0 Å². The Morgan fingerprint density at radius 2 is 0.969 bits per heavy atom. The minimum absolute atomic E-state index is 0.0490. The van der Waals surface area contributed by atoms with E-state index in [0.29, 0.717) is 11.1 Å². The number of aromatic nitrogens is 2. The molecule has 0 unspecified atom stereocenters. The first kappa shape index (κ1) is 21.2. The van der Waals surface area contributed by atoms with Gasteiger partial charge in [0.05, 0.1) is 11.4 Å². The molecule has 32 heavy (non-hydrogen) atoms. The van der Waals surface area contributed by atoms with E-state index in [4.69, 9.17) is 0 Å². The number of anilines is 2. The lowest BCUT2D eigenvalue weighted by atomic mass is 10.0. The van der Waals surface area contributed by atoms with Gasteiger partial charge in [-0.05, 0) is 48.5 Å². The number of carbonyl (C=O) groups is 1. The van der Waals surface area contributed by atoms with Crippen LogP contribution in [-0.4, -0.2) is 43.9 Å². The molecule has 0 saturated heterocycles. The topological polar surface area (TPSA) is 49.3 Å². The fourth-order valence-electron chi connectivity index (χ4n) is 3.49. The van der Waals surface area contributed by atoms with Crippen molar-refractivity contribution in [3.05, 3.63) is 96.3 Å². The standard InChI is InChI=1S/C27H26N4O/c1-30(2)23-9-5-19(6-10-23)25-17-21(13-15-28-25)27(32)22-14-16-29-26(18-22)20-7-11-24(12-8-20)31(3)4/h5-18H,1-4H3. The largest absolute Gasteiger partial charge is 0.378 e. The van der Waals surface area contributed by atoms with Gasteiger partial charge < -0.3 is 9.80 Å². The molecule has 0 bridgehead atoms. The summed E-state index contributed by atoms with van der Waals surface area (Å²) in [5.41, 5.74) is 6.93. The van der Waals surface area contributed by atoms with E-state index < -0.39 is 0 Å². The van der Waals surface area contributed by atoms with Crippen LogP contribution in [0.5, 0.6) is 0 Å². The van der Waals surface area contributed by atoms with Crippen molar-refractivity contribution >= 4 is 17.2 Å². The summed E-state index contributed by atoms with van der Waals surface area (Å²) in [5, 5.41) is 0. The molecule has 0 fully saturated rings. The van der Waals surface area contributed by atoms with Crippen LogP contribution in [0.1, 0.15) is 15.9 Å². The quantitative estimate of drug-likeness (QED) is 0.401. The van der Waals surface area contributed by atoms with Crippen molar-refractivity contribution in [3.63, 3.8) is 0 Å². The van der Waals surface area contributed by atoms with Crippen molar-refractivity contribution in [3.8, 4) is 22.5 Å². The second kappa shape index (κ2) is 9.02. The van der Waals surface area contributed by atoms with Crippen molar-refractivity contribution < 1.29 is 4.79 Å². The number of benzene rings is 2. The van der Waals surface area contributed by atoms with Gasteiger partial charge >= 0.3 is 0 Å². The van der Waals surface area contributed by atoms with E-state index in [1.165, 1.54) is 0 Å². The fraction of sp³-hybridized carbons (Fsp3) is 0.148. The Kier molecular flexibility index (Phi) is 5.99. The van der Waals surface area contributed by atoms with E-state index in [0.717, 1.165) is 33.9 Å². The van der Waals surface area contributed by atoms with Crippen LogP contribution in [0.4, 0.5) is 11.4 Å². The van der Waals surface area contributed by atoms with Crippen molar-refractivity contribution in [2.45, 2.75) is 0 Å². The zero-order valence-corrected chi connectivity index (χ0v) is 18.8. The van der Waals surface area contributed by atoms with Crippen LogP contribution in [0.3, 0.4) is 0 Å². The highest BCUT2D eigenvalue weighted by Crippen LogP contribution is 2.24. The lowest BCUT2D eigenvalue weighted by Gasteiger charge is -2.13. The summed E-state index contributed by atoms with van der Waals surface area (Å²) >= 11 is 0. The highest BCUT2D eigenvalue weighted by Gasteiger charge is 2.13. The second-order valence-electron chi connectivity index (χ2n) is 8.07. The van der Waals surface area contributed by atoms with Gasteiger partial charge in [-0.3, -0.25) is 14.8 Å². The molecule has 0 amide bonds. The molecular weight excluding hydrogens is 396 g/mol. The van der Waals surface area contributed by atoms with Gasteiger partial charge in [-0.15, -0.1) is 0 Å². The van der Waals surface area contributed by atoms with Crippen molar-refractivity contribution in [2.75, 3.05) is 38.0 Å². The molecule has 5 heteroatoms. The average molecular weight is 423 g/mol. The number of carbonyl (C=O) groups excluding carboxylic acids is 1. The Hall–Kier alpha value is -3.99. The molecule has 0 aliphatic heterocycles. The maximum Gasteiger partial charge on any atom is 0.193 e. The van der Waals surface area contributed by atoms with E-state index in [2.05, 4.69) is 9.97 Å². The molecule has 2 heterocycles. The van der Waals surface area contributed by atoms with E-state index in [9.17, 15) is 4.79 Å². The van der Waals surface area contributed by atoms with Gasteiger partial charge in [0.2, 0.25) is 0 Å². The number of hydrogen-bond donors (Lipinski definition) is 0. The smallest absolute Gasteiger partial charge is 0.193 e. The second-order valence-corrected chi connectivity index (χ2v) is 8.07. The Morgan fingerprint density at radius 3 is 1.31 bits per heavy atom. The highest BCUT2D eigenvalue weighted by molar-refractivity contribution is 6.09. The lowest BCUT2D eigenvalue weighted by molar-refractivity contribution is 0.103. The van der Waals surface area contributed by atoms with Gasteiger partial charge in [-0.25, -0.2) is 0 Å². The summed E-state index contributed by atoms with van der Waals surface area (Å²) in [6.45, 7) is 0. The third kappa shape index (κ3) is 4.52. The summed E-state index contributed by atoms with van der Waals surface area (Å²) in [6.07, 6.45) is 3.37. The van der Waals surface area contributed by atoms with E-state index >= 15 is 0 Å². The van der Waals surface area contributed by atoms with Gasteiger partial charge in [0.25, 0.3) is 0 Å². The maximum absolute atomic E-state index is 13.2. The molecule has 0 saturated carbocycles. The molecule has 2 aromatic carbocycles. The Morgan fingerprint density at radius 1 is 0.594 bits per heavy atom. The normalized spacial score (nSPS) is 10.6. The van der Waals surface area contributed by atoms with Crippen LogP contribution in [0.15, 0.2) is 85.2 Å². The molecule has 160 valence electrons. The van der Waals surface area contributed by atoms with Crippen LogP contribution >= 0.6 is 0 Å². The van der Waals surface area contributed by atoms with Gasteiger partial charge in [0, 0.05) is 74.2 Å². The van der Waals surface area contributed by atoms with Crippen LogP contribution in [0.25, 0.3) is 22.5 Å². The highest BCUT2D eigenvalue weighted by atomic mass is 16.1. The molecule has 0 N–H and O–H groups in total. The average Bonchev–Trinajstić information content (AvgIpc) is 2.84. The first-order valence-electron chi connectivity index (χ1n) is 10.4. The number of hydrogen-bond acceptors (Lipinski definition) is 5. The first-order chi connectivity index (χ1) is 15.4. The van der Waals surface area contributed by atoms with Crippen LogP contribution < -0.4 is 9.80 Å².